The molecule has 2 rings (SSSR count). The molecular weight excluding hydrogens is 243 g/mol. The molecule has 2 nitrogen and oxygen atoms in total. The largest absolute Gasteiger partial charge is 0.360 e. The first-order chi connectivity index (χ1) is 7.69. The molecule has 1 N–H and O–H groups in total. The quantitative estimate of drug-likeness (QED) is 0.904. The van der Waals surface area contributed by atoms with E-state index in [9.17, 15) is 4.39 Å². The molecule has 1 aromatic carbocycles. The SMILES string of the molecule is CSC(C)CNc1nc2cc(F)ccc2s1. The van der Waals surface area contributed by atoms with E-state index in [4.69, 9.17) is 0 Å². The fraction of sp³-hybridized carbons (Fsp3) is 0.364. The molecule has 0 saturated heterocycles. The number of thioether (sulfide) groups is 1. The Morgan fingerprint density at radius 2 is 2.38 bits per heavy atom. The topological polar surface area (TPSA) is 24.9 Å². The minimum absolute atomic E-state index is 0.234. The summed E-state index contributed by atoms with van der Waals surface area (Å²) in [5.41, 5.74) is 0.726. The van der Waals surface area contributed by atoms with Gasteiger partial charge in [-0.1, -0.05) is 18.3 Å². The van der Waals surface area contributed by atoms with Crippen molar-refractivity contribution in [1.29, 1.82) is 0 Å². The highest BCUT2D eigenvalue weighted by atomic mass is 32.2. The van der Waals surface area contributed by atoms with Crippen LogP contribution in [0.2, 0.25) is 0 Å². The molecule has 0 amide bonds. The summed E-state index contributed by atoms with van der Waals surface area (Å²) in [5, 5.41) is 4.68. The van der Waals surface area contributed by atoms with E-state index in [1.165, 1.54) is 12.1 Å². The molecule has 86 valence electrons. The molecule has 0 aliphatic heterocycles. The molecule has 1 heterocycles. The van der Waals surface area contributed by atoms with Gasteiger partial charge in [-0.15, -0.1) is 0 Å². The van der Waals surface area contributed by atoms with Crippen LogP contribution in [0.3, 0.4) is 0 Å². The molecule has 0 spiro atoms. The zero-order valence-corrected chi connectivity index (χ0v) is 10.8. The van der Waals surface area contributed by atoms with Gasteiger partial charge >= 0.3 is 0 Å². The van der Waals surface area contributed by atoms with Gasteiger partial charge in [-0.3, -0.25) is 0 Å². The average molecular weight is 256 g/mol. The van der Waals surface area contributed by atoms with Gasteiger partial charge in [-0.05, 0) is 18.4 Å². The Balaban J connectivity index is 2.13. The number of nitrogens with zero attached hydrogens (tertiary/aromatic N) is 1. The van der Waals surface area contributed by atoms with Gasteiger partial charge in [0.05, 0.1) is 10.2 Å². The van der Waals surface area contributed by atoms with Gasteiger partial charge in [-0.25, -0.2) is 9.37 Å². The molecule has 0 aliphatic carbocycles. The molecule has 1 unspecified atom stereocenters. The summed E-state index contributed by atoms with van der Waals surface area (Å²) in [6, 6.07) is 4.70. The molecule has 2 aromatic rings. The van der Waals surface area contributed by atoms with Crippen LogP contribution in [0.25, 0.3) is 10.2 Å². The summed E-state index contributed by atoms with van der Waals surface area (Å²) in [7, 11) is 0. The third kappa shape index (κ3) is 2.65. The molecular formula is C11H13FN2S2. The van der Waals surface area contributed by atoms with Gasteiger partial charge in [0.15, 0.2) is 5.13 Å². The van der Waals surface area contributed by atoms with Crippen molar-refractivity contribution in [2.75, 3.05) is 18.1 Å². The number of hydrogen-bond acceptors (Lipinski definition) is 4. The van der Waals surface area contributed by atoms with Crippen LogP contribution in [0.1, 0.15) is 6.92 Å². The second-order valence-electron chi connectivity index (χ2n) is 3.56. The third-order valence-corrected chi connectivity index (χ3v) is 4.26. The van der Waals surface area contributed by atoms with Crippen molar-refractivity contribution >= 4 is 38.4 Å². The zero-order valence-electron chi connectivity index (χ0n) is 9.16. The molecule has 16 heavy (non-hydrogen) atoms. The van der Waals surface area contributed by atoms with Crippen LogP contribution in [0, 0.1) is 5.82 Å². The fourth-order valence-electron chi connectivity index (χ4n) is 1.29. The maximum Gasteiger partial charge on any atom is 0.183 e. The average Bonchev–Trinajstić information content (AvgIpc) is 2.67. The molecule has 5 heteroatoms. The highest BCUT2D eigenvalue weighted by Crippen LogP contribution is 2.26. The van der Waals surface area contributed by atoms with Crippen LogP contribution in [0.15, 0.2) is 18.2 Å². The molecule has 0 bridgehead atoms. The van der Waals surface area contributed by atoms with Crippen molar-refractivity contribution in [3.8, 4) is 0 Å². The first-order valence-electron chi connectivity index (χ1n) is 5.02. The normalized spacial score (nSPS) is 12.9. The number of fused-ring (bicyclic) bond motifs is 1. The lowest BCUT2D eigenvalue weighted by molar-refractivity contribution is 0.629. The van der Waals surface area contributed by atoms with Crippen LogP contribution in [0.4, 0.5) is 9.52 Å². The smallest absolute Gasteiger partial charge is 0.183 e. The summed E-state index contributed by atoms with van der Waals surface area (Å²) in [6.07, 6.45) is 2.08. The van der Waals surface area contributed by atoms with E-state index in [2.05, 4.69) is 23.5 Å². The lowest BCUT2D eigenvalue weighted by atomic mass is 10.3. The number of aromatic nitrogens is 1. The number of nitrogens with one attached hydrogen (secondary N) is 1. The van der Waals surface area contributed by atoms with Crippen molar-refractivity contribution < 1.29 is 4.39 Å². The maximum atomic E-state index is 13.0. The standard InChI is InChI=1S/C11H13FN2S2/c1-7(15-2)6-13-11-14-9-5-8(12)3-4-10(9)16-11/h3-5,7H,6H2,1-2H3,(H,13,14). The van der Waals surface area contributed by atoms with Gasteiger partial charge in [0.2, 0.25) is 0 Å². The Kier molecular flexibility index (Phi) is 3.66. The summed E-state index contributed by atoms with van der Waals surface area (Å²) in [6.45, 7) is 3.04. The van der Waals surface area contributed by atoms with Gasteiger partial charge < -0.3 is 5.32 Å². The van der Waals surface area contributed by atoms with E-state index in [-0.39, 0.29) is 5.82 Å². The summed E-state index contributed by atoms with van der Waals surface area (Å²) >= 11 is 3.37. The molecule has 0 radical (unpaired) electrons. The molecule has 0 aliphatic rings. The van der Waals surface area contributed by atoms with Gasteiger partial charge in [0, 0.05) is 17.9 Å². The van der Waals surface area contributed by atoms with Crippen molar-refractivity contribution in [3.05, 3.63) is 24.0 Å². The first kappa shape index (κ1) is 11.7. The number of benzene rings is 1. The highest BCUT2D eigenvalue weighted by Gasteiger charge is 2.05. The van der Waals surface area contributed by atoms with E-state index in [1.807, 2.05) is 11.8 Å². The second kappa shape index (κ2) is 5.01. The minimum Gasteiger partial charge on any atom is -0.360 e. The summed E-state index contributed by atoms with van der Waals surface area (Å²) in [4.78, 5) is 4.34. The third-order valence-electron chi connectivity index (χ3n) is 2.29. The van der Waals surface area contributed by atoms with Gasteiger partial charge in [0.25, 0.3) is 0 Å². The van der Waals surface area contributed by atoms with Crippen LogP contribution in [0.5, 0.6) is 0 Å². The van der Waals surface area contributed by atoms with E-state index < -0.39 is 0 Å². The number of halogens is 1. The fourth-order valence-corrected chi connectivity index (χ4v) is 2.39. The van der Waals surface area contributed by atoms with Gasteiger partial charge in [-0.2, -0.15) is 11.8 Å². The number of rotatable bonds is 4. The zero-order chi connectivity index (χ0) is 11.5. The number of thiazole rings is 1. The lowest BCUT2D eigenvalue weighted by Gasteiger charge is -2.07. The molecule has 0 saturated carbocycles. The van der Waals surface area contributed by atoms with Crippen LogP contribution < -0.4 is 5.32 Å². The Morgan fingerprint density at radius 3 is 3.12 bits per heavy atom. The van der Waals surface area contributed by atoms with Crippen LogP contribution in [-0.4, -0.2) is 23.0 Å². The van der Waals surface area contributed by atoms with E-state index in [0.717, 1.165) is 21.9 Å². The minimum atomic E-state index is -0.234. The van der Waals surface area contributed by atoms with Crippen LogP contribution in [-0.2, 0) is 0 Å². The molecule has 1 atom stereocenters. The highest BCUT2D eigenvalue weighted by molar-refractivity contribution is 7.99. The van der Waals surface area contributed by atoms with Crippen molar-refractivity contribution in [2.45, 2.75) is 12.2 Å². The second-order valence-corrected chi connectivity index (χ2v) is 5.87. The summed E-state index contributed by atoms with van der Waals surface area (Å²) in [5.74, 6) is -0.234. The van der Waals surface area contributed by atoms with Crippen molar-refractivity contribution in [1.82, 2.24) is 4.98 Å². The Labute approximate surface area is 102 Å². The van der Waals surface area contributed by atoms with E-state index >= 15 is 0 Å². The number of anilines is 1. The van der Waals surface area contributed by atoms with Crippen molar-refractivity contribution in [2.24, 2.45) is 0 Å². The first-order valence-corrected chi connectivity index (χ1v) is 7.12. The Bertz CT molecular complexity index is 484. The Hall–Kier alpha value is -0.810. The predicted octanol–water partition coefficient (Wildman–Crippen LogP) is 3.60. The van der Waals surface area contributed by atoms with Crippen molar-refractivity contribution in [3.63, 3.8) is 0 Å². The monoisotopic (exact) mass is 256 g/mol. The summed E-state index contributed by atoms with van der Waals surface area (Å²) < 4.78 is 14.0. The number of hydrogen-bond donors (Lipinski definition) is 1. The van der Waals surface area contributed by atoms with E-state index in [0.29, 0.717) is 5.25 Å². The van der Waals surface area contributed by atoms with E-state index in [1.54, 1.807) is 17.4 Å². The predicted molar refractivity (Wildman–Crippen MR) is 71.0 cm³/mol. The molecule has 1 aromatic heterocycles. The van der Waals surface area contributed by atoms with Crippen LogP contribution >= 0.6 is 23.1 Å². The molecule has 0 fully saturated rings. The lowest BCUT2D eigenvalue weighted by Crippen LogP contribution is -2.12. The maximum absolute atomic E-state index is 13.0. The Morgan fingerprint density at radius 1 is 1.56 bits per heavy atom. The van der Waals surface area contributed by atoms with Gasteiger partial charge in [0.1, 0.15) is 5.82 Å².